The van der Waals surface area contributed by atoms with E-state index in [0.717, 1.165) is 29.9 Å². The highest BCUT2D eigenvalue weighted by molar-refractivity contribution is 7.98. The van der Waals surface area contributed by atoms with Gasteiger partial charge in [-0.1, -0.05) is 48.9 Å². The standard InChI is InChI=1S/C23H28ClN3O2S2/c1-5-26(6-2)13-14-27(20(28)15-16-7-9-17(30-4)10-8-16)23-25-21-19(29-3)12-11-18(24)22(21)31-23/h7-12H,5-6,13-15H2,1-4H3. The first-order valence-corrected chi connectivity index (χ1v) is 12.7. The first-order valence-electron chi connectivity index (χ1n) is 10.3. The Balaban J connectivity index is 1.92. The monoisotopic (exact) mass is 477 g/mol. The fourth-order valence-corrected chi connectivity index (χ4v) is 5.05. The molecule has 0 aliphatic rings. The lowest BCUT2D eigenvalue weighted by molar-refractivity contribution is -0.118. The van der Waals surface area contributed by atoms with Crippen molar-refractivity contribution in [1.82, 2.24) is 9.88 Å². The van der Waals surface area contributed by atoms with Gasteiger partial charge in [0.2, 0.25) is 5.91 Å². The zero-order valence-electron chi connectivity index (χ0n) is 18.4. The predicted molar refractivity (Wildman–Crippen MR) is 133 cm³/mol. The molecule has 1 aromatic heterocycles. The predicted octanol–water partition coefficient (Wildman–Crippen LogP) is 5.60. The number of carbonyl (C=O) groups excluding carboxylic acids is 1. The topological polar surface area (TPSA) is 45.7 Å². The maximum absolute atomic E-state index is 13.4. The van der Waals surface area contributed by atoms with Gasteiger partial charge in [-0.25, -0.2) is 4.98 Å². The Morgan fingerprint density at radius 3 is 2.45 bits per heavy atom. The maximum atomic E-state index is 13.4. The highest BCUT2D eigenvalue weighted by Crippen LogP contribution is 2.38. The summed E-state index contributed by atoms with van der Waals surface area (Å²) < 4.78 is 6.29. The van der Waals surface area contributed by atoms with Crippen molar-refractivity contribution in [2.45, 2.75) is 25.2 Å². The quantitative estimate of drug-likeness (QED) is 0.356. The van der Waals surface area contributed by atoms with Crippen LogP contribution in [0.3, 0.4) is 0 Å². The molecular weight excluding hydrogens is 450 g/mol. The number of nitrogens with zero attached hydrogens (tertiary/aromatic N) is 3. The molecule has 0 spiro atoms. The number of amides is 1. The van der Waals surface area contributed by atoms with Crippen LogP contribution in [0.2, 0.25) is 5.02 Å². The molecule has 5 nitrogen and oxygen atoms in total. The van der Waals surface area contributed by atoms with Crippen molar-refractivity contribution in [1.29, 1.82) is 0 Å². The second-order valence-corrected chi connectivity index (χ2v) is 9.29. The number of carbonyl (C=O) groups is 1. The van der Waals surface area contributed by atoms with Crippen LogP contribution >= 0.6 is 34.7 Å². The van der Waals surface area contributed by atoms with E-state index < -0.39 is 0 Å². The summed E-state index contributed by atoms with van der Waals surface area (Å²) in [6, 6.07) is 11.8. The van der Waals surface area contributed by atoms with E-state index in [1.54, 1.807) is 29.8 Å². The number of thioether (sulfide) groups is 1. The third-order valence-electron chi connectivity index (χ3n) is 5.25. The van der Waals surface area contributed by atoms with Crippen molar-refractivity contribution in [2.75, 3.05) is 44.4 Å². The van der Waals surface area contributed by atoms with Gasteiger partial charge in [0.1, 0.15) is 11.3 Å². The van der Waals surface area contributed by atoms with E-state index in [1.165, 1.54) is 16.2 Å². The summed E-state index contributed by atoms with van der Waals surface area (Å²) in [6.45, 7) is 7.49. The average molecular weight is 478 g/mol. The fraction of sp³-hybridized carbons (Fsp3) is 0.391. The van der Waals surface area contributed by atoms with Crippen LogP contribution in [0.1, 0.15) is 19.4 Å². The van der Waals surface area contributed by atoms with Gasteiger partial charge in [0.15, 0.2) is 5.13 Å². The molecule has 3 aromatic rings. The van der Waals surface area contributed by atoms with Gasteiger partial charge in [-0.3, -0.25) is 9.69 Å². The fourth-order valence-electron chi connectivity index (χ4n) is 3.34. The Morgan fingerprint density at radius 1 is 1.13 bits per heavy atom. The van der Waals surface area contributed by atoms with Crippen LogP contribution in [0.5, 0.6) is 5.75 Å². The zero-order chi connectivity index (χ0) is 22.4. The zero-order valence-corrected chi connectivity index (χ0v) is 20.7. The smallest absolute Gasteiger partial charge is 0.233 e. The number of aromatic nitrogens is 1. The lowest BCUT2D eigenvalue weighted by atomic mass is 10.1. The van der Waals surface area contributed by atoms with E-state index >= 15 is 0 Å². The highest BCUT2D eigenvalue weighted by atomic mass is 35.5. The molecule has 31 heavy (non-hydrogen) atoms. The van der Waals surface area contributed by atoms with Crippen molar-refractivity contribution in [3.63, 3.8) is 0 Å². The van der Waals surface area contributed by atoms with Crippen LogP contribution in [0.4, 0.5) is 5.13 Å². The Hall–Kier alpha value is -1.80. The molecule has 2 aromatic carbocycles. The van der Waals surface area contributed by atoms with E-state index in [2.05, 4.69) is 30.9 Å². The van der Waals surface area contributed by atoms with E-state index in [4.69, 9.17) is 21.3 Å². The van der Waals surface area contributed by atoms with Crippen LogP contribution in [-0.4, -0.2) is 55.3 Å². The summed E-state index contributed by atoms with van der Waals surface area (Å²) in [5, 5.41) is 1.27. The normalized spacial score (nSPS) is 11.3. The van der Waals surface area contributed by atoms with Gasteiger partial charge >= 0.3 is 0 Å². The third-order valence-corrected chi connectivity index (χ3v) is 7.53. The number of methoxy groups -OCH3 is 1. The molecule has 0 bridgehead atoms. The van der Waals surface area contributed by atoms with Crippen LogP contribution in [0.25, 0.3) is 10.2 Å². The molecule has 0 unspecified atom stereocenters. The molecule has 0 atom stereocenters. The molecular formula is C23H28ClN3O2S2. The number of likely N-dealkylation sites (N-methyl/N-ethyl adjacent to an activating group) is 1. The molecule has 0 N–H and O–H groups in total. The molecule has 166 valence electrons. The van der Waals surface area contributed by atoms with Crippen molar-refractivity contribution < 1.29 is 9.53 Å². The number of hydrogen-bond acceptors (Lipinski definition) is 6. The van der Waals surface area contributed by atoms with Crippen LogP contribution in [0, 0.1) is 0 Å². The Labute approximate surface area is 197 Å². The second kappa shape index (κ2) is 11.2. The molecule has 8 heteroatoms. The summed E-state index contributed by atoms with van der Waals surface area (Å²) >= 11 is 9.54. The number of hydrogen-bond donors (Lipinski definition) is 0. The lowest BCUT2D eigenvalue weighted by Crippen LogP contribution is -2.39. The van der Waals surface area contributed by atoms with Gasteiger partial charge in [-0.05, 0) is 49.2 Å². The van der Waals surface area contributed by atoms with Gasteiger partial charge in [-0.2, -0.15) is 0 Å². The van der Waals surface area contributed by atoms with Crippen LogP contribution < -0.4 is 9.64 Å². The van der Waals surface area contributed by atoms with Crippen molar-refractivity contribution in [3.05, 3.63) is 47.0 Å². The molecule has 0 fully saturated rings. The number of rotatable bonds is 10. The Morgan fingerprint density at radius 2 is 1.84 bits per heavy atom. The summed E-state index contributed by atoms with van der Waals surface area (Å²) in [5.41, 5.74) is 1.69. The van der Waals surface area contributed by atoms with Gasteiger partial charge < -0.3 is 9.64 Å². The number of thiazole rings is 1. The number of fused-ring (bicyclic) bond motifs is 1. The molecule has 0 aliphatic carbocycles. The minimum absolute atomic E-state index is 0.0261. The summed E-state index contributed by atoms with van der Waals surface area (Å²) in [5.74, 6) is 0.684. The number of anilines is 1. The second-order valence-electron chi connectivity index (χ2n) is 7.02. The van der Waals surface area contributed by atoms with Gasteiger partial charge in [0, 0.05) is 18.0 Å². The van der Waals surface area contributed by atoms with Crippen LogP contribution in [-0.2, 0) is 11.2 Å². The van der Waals surface area contributed by atoms with E-state index in [1.807, 2.05) is 24.5 Å². The SMILES string of the molecule is CCN(CC)CCN(C(=O)Cc1ccc(SC)cc1)c1nc2c(OC)ccc(Cl)c2s1. The van der Waals surface area contributed by atoms with Crippen molar-refractivity contribution in [2.24, 2.45) is 0 Å². The largest absolute Gasteiger partial charge is 0.494 e. The Bertz CT molecular complexity index is 1020. The Kier molecular flexibility index (Phi) is 8.60. The molecule has 1 heterocycles. The van der Waals surface area contributed by atoms with Crippen molar-refractivity contribution >= 4 is 56.0 Å². The lowest BCUT2D eigenvalue weighted by Gasteiger charge is -2.24. The summed E-state index contributed by atoms with van der Waals surface area (Å²) in [7, 11) is 1.61. The average Bonchev–Trinajstić information content (AvgIpc) is 3.23. The summed E-state index contributed by atoms with van der Waals surface area (Å²) in [4.78, 5) is 23.4. The third kappa shape index (κ3) is 5.71. The molecule has 0 saturated heterocycles. The summed E-state index contributed by atoms with van der Waals surface area (Å²) in [6.07, 6.45) is 2.37. The minimum atomic E-state index is 0.0261. The van der Waals surface area contributed by atoms with Crippen molar-refractivity contribution in [3.8, 4) is 5.75 Å². The molecule has 0 radical (unpaired) electrons. The molecule has 1 amide bonds. The number of halogens is 1. The van der Waals surface area contributed by atoms with E-state index in [9.17, 15) is 4.79 Å². The molecule has 0 aliphatic heterocycles. The van der Waals surface area contributed by atoms with Gasteiger partial charge in [-0.15, -0.1) is 11.8 Å². The number of ether oxygens (including phenoxy) is 1. The van der Waals surface area contributed by atoms with E-state index in [0.29, 0.717) is 34.4 Å². The van der Waals surface area contributed by atoms with Crippen LogP contribution in [0.15, 0.2) is 41.3 Å². The van der Waals surface area contributed by atoms with Gasteiger partial charge in [0.25, 0.3) is 0 Å². The highest BCUT2D eigenvalue weighted by Gasteiger charge is 2.22. The maximum Gasteiger partial charge on any atom is 0.233 e. The first-order chi connectivity index (χ1) is 15.0. The number of benzene rings is 2. The first kappa shape index (κ1) is 23.9. The van der Waals surface area contributed by atoms with E-state index in [-0.39, 0.29) is 5.91 Å². The minimum Gasteiger partial charge on any atom is -0.494 e. The van der Waals surface area contributed by atoms with Gasteiger partial charge in [0.05, 0.1) is 23.3 Å². The molecule has 3 rings (SSSR count). The molecule has 0 saturated carbocycles.